The molecule has 2 rings (SSSR count). The van der Waals surface area contributed by atoms with Crippen LogP contribution in [0.5, 0.6) is 11.5 Å². The number of benzene rings is 1. The average molecular weight is 293 g/mol. The standard InChI is InChI=1S/C14H15NO4S/c1-4-19-14(17)12-8(2)20-13(15-12)9-5-6-11(18-3)10(16)7-9/h5-7,16H,4H2,1-3H3. The summed E-state index contributed by atoms with van der Waals surface area (Å²) in [7, 11) is 1.49. The van der Waals surface area contributed by atoms with Crippen LogP contribution >= 0.6 is 11.3 Å². The molecular formula is C14H15NO4S. The van der Waals surface area contributed by atoms with Crippen molar-refractivity contribution < 1.29 is 19.4 Å². The Balaban J connectivity index is 2.37. The fourth-order valence-electron chi connectivity index (χ4n) is 1.73. The van der Waals surface area contributed by atoms with E-state index in [-0.39, 0.29) is 5.75 Å². The van der Waals surface area contributed by atoms with Crippen LogP contribution in [0.25, 0.3) is 10.6 Å². The molecule has 0 saturated carbocycles. The van der Waals surface area contributed by atoms with E-state index in [1.54, 1.807) is 25.1 Å². The Labute approximate surface area is 120 Å². The quantitative estimate of drug-likeness (QED) is 0.878. The number of phenolic OH excluding ortho intramolecular Hbond substituents is 1. The first-order valence-corrected chi connectivity index (χ1v) is 6.90. The number of aromatic hydroxyl groups is 1. The smallest absolute Gasteiger partial charge is 0.358 e. The number of nitrogens with zero attached hydrogens (tertiary/aromatic N) is 1. The summed E-state index contributed by atoms with van der Waals surface area (Å²) in [6.45, 7) is 3.88. The van der Waals surface area contributed by atoms with E-state index < -0.39 is 5.97 Å². The first-order valence-electron chi connectivity index (χ1n) is 6.08. The first kappa shape index (κ1) is 14.3. The number of carbonyl (C=O) groups excluding carboxylic acids is 1. The third-order valence-corrected chi connectivity index (χ3v) is 3.71. The Morgan fingerprint density at radius 1 is 1.45 bits per heavy atom. The molecule has 0 fully saturated rings. The Bertz CT molecular complexity index is 636. The van der Waals surface area contributed by atoms with Crippen molar-refractivity contribution in [3.8, 4) is 22.1 Å². The average Bonchev–Trinajstić information content (AvgIpc) is 2.81. The molecular weight excluding hydrogens is 278 g/mol. The molecule has 0 bridgehead atoms. The minimum absolute atomic E-state index is 0.0375. The zero-order valence-corrected chi connectivity index (χ0v) is 12.3. The summed E-state index contributed by atoms with van der Waals surface area (Å²) in [4.78, 5) is 16.8. The number of phenols is 1. The SMILES string of the molecule is CCOC(=O)c1nc(-c2ccc(OC)c(O)c2)sc1C. The van der Waals surface area contributed by atoms with Gasteiger partial charge in [0.05, 0.1) is 13.7 Å². The van der Waals surface area contributed by atoms with Gasteiger partial charge in [0, 0.05) is 10.4 Å². The van der Waals surface area contributed by atoms with Crippen LogP contribution in [0.4, 0.5) is 0 Å². The number of aryl methyl sites for hydroxylation is 1. The summed E-state index contributed by atoms with van der Waals surface area (Å²) < 4.78 is 9.95. The second kappa shape index (κ2) is 5.92. The Morgan fingerprint density at radius 2 is 2.20 bits per heavy atom. The Kier molecular flexibility index (Phi) is 4.24. The van der Waals surface area contributed by atoms with Gasteiger partial charge in [0.25, 0.3) is 0 Å². The lowest BCUT2D eigenvalue weighted by Gasteiger charge is -2.04. The first-order chi connectivity index (χ1) is 9.56. The Morgan fingerprint density at radius 3 is 2.80 bits per heavy atom. The van der Waals surface area contributed by atoms with Crippen molar-refractivity contribution in [3.05, 3.63) is 28.8 Å². The minimum atomic E-state index is -0.426. The van der Waals surface area contributed by atoms with Crippen LogP contribution in [0.3, 0.4) is 0 Å². The predicted molar refractivity (Wildman–Crippen MR) is 76.5 cm³/mol. The number of rotatable bonds is 4. The van der Waals surface area contributed by atoms with Gasteiger partial charge in [0.1, 0.15) is 5.01 Å². The number of ether oxygens (including phenoxy) is 2. The summed E-state index contributed by atoms with van der Waals surface area (Å²) in [5, 5.41) is 10.4. The number of esters is 1. The summed E-state index contributed by atoms with van der Waals surface area (Å²) in [5.41, 5.74) is 1.05. The molecule has 0 radical (unpaired) electrons. The van der Waals surface area contributed by atoms with Gasteiger partial charge in [0.2, 0.25) is 0 Å². The fraction of sp³-hybridized carbons (Fsp3) is 0.286. The number of hydrogen-bond donors (Lipinski definition) is 1. The second-order valence-corrected chi connectivity index (χ2v) is 5.23. The van der Waals surface area contributed by atoms with Gasteiger partial charge in [-0.15, -0.1) is 11.3 Å². The highest BCUT2D eigenvalue weighted by Gasteiger charge is 2.17. The maximum Gasteiger partial charge on any atom is 0.358 e. The molecule has 0 spiro atoms. The van der Waals surface area contributed by atoms with Crippen LogP contribution < -0.4 is 4.74 Å². The molecule has 0 saturated heterocycles. The van der Waals surface area contributed by atoms with Gasteiger partial charge in [-0.25, -0.2) is 9.78 Å². The molecule has 1 aromatic carbocycles. The maximum atomic E-state index is 11.7. The van der Waals surface area contributed by atoms with Crippen LogP contribution in [0.2, 0.25) is 0 Å². The third kappa shape index (κ3) is 2.75. The van der Waals surface area contributed by atoms with E-state index in [0.29, 0.717) is 23.1 Å². The summed E-state index contributed by atoms with van der Waals surface area (Å²) >= 11 is 1.38. The van der Waals surface area contributed by atoms with Crippen LogP contribution in [-0.2, 0) is 4.74 Å². The summed E-state index contributed by atoms with van der Waals surface area (Å²) in [5.74, 6) is 0.00779. The monoisotopic (exact) mass is 293 g/mol. The van der Waals surface area contributed by atoms with E-state index in [0.717, 1.165) is 10.4 Å². The topological polar surface area (TPSA) is 68.7 Å². The third-order valence-electron chi connectivity index (χ3n) is 2.69. The lowest BCUT2D eigenvalue weighted by Crippen LogP contribution is -2.06. The number of hydrogen-bond acceptors (Lipinski definition) is 6. The van der Waals surface area contributed by atoms with Crippen molar-refractivity contribution in [2.45, 2.75) is 13.8 Å². The largest absolute Gasteiger partial charge is 0.504 e. The van der Waals surface area contributed by atoms with Crippen molar-refractivity contribution in [1.29, 1.82) is 0 Å². The van der Waals surface area contributed by atoms with Crippen LogP contribution in [-0.4, -0.2) is 29.8 Å². The highest BCUT2D eigenvalue weighted by Crippen LogP contribution is 2.34. The van der Waals surface area contributed by atoms with Gasteiger partial charge in [-0.1, -0.05) is 0 Å². The van der Waals surface area contributed by atoms with Crippen molar-refractivity contribution >= 4 is 17.3 Å². The molecule has 0 unspecified atom stereocenters. The highest BCUT2D eigenvalue weighted by molar-refractivity contribution is 7.15. The Hall–Kier alpha value is -2.08. The van der Waals surface area contributed by atoms with Crippen molar-refractivity contribution in [2.75, 3.05) is 13.7 Å². The lowest BCUT2D eigenvalue weighted by molar-refractivity contribution is 0.0519. The minimum Gasteiger partial charge on any atom is -0.504 e. The van der Waals surface area contributed by atoms with E-state index in [9.17, 15) is 9.90 Å². The molecule has 2 aromatic rings. The molecule has 0 amide bonds. The van der Waals surface area contributed by atoms with Crippen molar-refractivity contribution in [1.82, 2.24) is 4.98 Å². The molecule has 0 aliphatic rings. The molecule has 106 valence electrons. The van der Waals surface area contributed by atoms with Crippen LogP contribution in [0.15, 0.2) is 18.2 Å². The molecule has 1 aromatic heterocycles. The van der Waals surface area contributed by atoms with E-state index in [2.05, 4.69) is 4.98 Å². The molecule has 0 aliphatic carbocycles. The molecule has 5 nitrogen and oxygen atoms in total. The van der Waals surface area contributed by atoms with E-state index in [1.807, 2.05) is 6.92 Å². The normalized spacial score (nSPS) is 10.3. The number of methoxy groups -OCH3 is 1. The highest BCUT2D eigenvalue weighted by atomic mass is 32.1. The summed E-state index contributed by atoms with van der Waals surface area (Å²) in [6.07, 6.45) is 0. The van der Waals surface area contributed by atoms with Crippen molar-refractivity contribution in [3.63, 3.8) is 0 Å². The fourth-order valence-corrected chi connectivity index (χ4v) is 2.63. The second-order valence-electron chi connectivity index (χ2n) is 4.03. The molecule has 6 heteroatoms. The lowest BCUT2D eigenvalue weighted by atomic mass is 10.2. The van der Waals surface area contributed by atoms with Gasteiger partial charge in [-0.05, 0) is 32.0 Å². The molecule has 0 atom stereocenters. The molecule has 1 heterocycles. The zero-order chi connectivity index (χ0) is 14.7. The van der Waals surface area contributed by atoms with Crippen LogP contribution in [0, 0.1) is 6.92 Å². The van der Waals surface area contributed by atoms with E-state index >= 15 is 0 Å². The predicted octanol–water partition coefficient (Wildman–Crippen LogP) is 3.01. The van der Waals surface area contributed by atoms with Gasteiger partial charge in [-0.2, -0.15) is 0 Å². The molecule has 0 aliphatic heterocycles. The van der Waals surface area contributed by atoms with Gasteiger partial charge < -0.3 is 14.6 Å². The number of aromatic nitrogens is 1. The van der Waals surface area contributed by atoms with E-state index in [1.165, 1.54) is 18.4 Å². The maximum absolute atomic E-state index is 11.7. The number of thiazole rings is 1. The van der Waals surface area contributed by atoms with Gasteiger partial charge >= 0.3 is 5.97 Å². The van der Waals surface area contributed by atoms with Gasteiger partial charge in [-0.3, -0.25) is 0 Å². The zero-order valence-electron chi connectivity index (χ0n) is 11.5. The van der Waals surface area contributed by atoms with Crippen LogP contribution in [0.1, 0.15) is 22.3 Å². The van der Waals surface area contributed by atoms with Gasteiger partial charge in [0.15, 0.2) is 17.2 Å². The number of carbonyl (C=O) groups is 1. The van der Waals surface area contributed by atoms with E-state index in [4.69, 9.17) is 9.47 Å². The molecule has 20 heavy (non-hydrogen) atoms. The molecule has 1 N–H and O–H groups in total. The summed E-state index contributed by atoms with van der Waals surface area (Å²) in [6, 6.07) is 5.00. The van der Waals surface area contributed by atoms with Crippen molar-refractivity contribution in [2.24, 2.45) is 0 Å².